The SMILES string of the molecule is C[C@@H]1CC(CN)C[C@@H](C)O1. The number of hydrogen-bond donors (Lipinski definition) is 1. The summed E-state index contributed by atoms with van der Waals surface area (Å²) in [6, 6.07) is 0. The van der Waals surface area contributed by atoms with E-state index in [2.05, 4.69) is 13.8 Å². The molecule has 1 fully saturated rings. The number of rotatable bonds is 1. The third-order valence-corrected chi connectivity index (χ3v) is 2.13. The van der Waals surface area contributed by atoms with Crippen molar-refractivity contribution in [3.8, 4) is 0 Å². The molecule has 1 heterocycles. The van der Waals surface area contributed by atoms with Crippen molar-refractivity contribution in [2.24, 2.45) is 11.7 Å². The van der Waals surface area contributed by atoms with Crippen LogP contribution in [-0.2, 0) is 4.74 Å². The van der Waals surface area contributed by atoms with Crippen molar-refractivity contribution in [3.05, 3.63) is 0 Å². The zero-order valence-corrected chi connectivity index (χ0v) is 6.84. The maximum atomic E-state index is 5.57. The van der Waals surface area contributed by atoms with Gasteiger partial charge in [0.1, 0.15) is 0 Å². The van der Waals surface area contributed by atoms with E-state index in [-0.39, 0.29) is 0 Å². The molecule has 0 saturated carbocycles. The van der Waals surface area contributed by atoms with Crippen molar-refractivity contribution in [1.82, 2.24) is 0 Å². The highest BCUT2D eigenvalue weighted by Gasteiger charge is 2.22. The van der Waals surface area contributed by atoms with E-state index in [1.54, 1.807) is 0 Å². The highest BCUT2D eigenvalue weighted by molar-refractivity contribution is 4.73. The van der Waals surface area contributed by atoms with Crippen LogP contribution in [-0.4, -0.2) is 18.8 Å². The Kier molecular flexibility index (Phi) is 2.69. The molecule has 2 heteroatoms. The lowest BCUT2D eigenvalue weighted by atomic mass is 9.93. The molecule has 2 nitrogen and oxygen atoms in total. The van der Waals surface area contributed by atoms with E-state index in [9.17, 15) is 0 Å². The van der Waals surface area contributed by atoms with E-state index in [4.69, 9.17) is 10.5 Å². The molecule has 1 aliphatic rings. The van der Waals surface area contributed by atoms with Gasteiger partial charge < -0.3 is 10.5 Å². The molecular formula is C8H17NO. The Balaban J connectivity index is 2.35. The second-order valence-corrected chi connectivity index (χ2v) is 3.33. The first kappa shape index (κ1) is 8.02. The fourth-order valence-corrected chi connectivity index (χ4v) is 1.74. The van der Waals surface area contributed by atoms with Crippen molar-refractivity contribution in [2.75, 3.05) is 6.54 Å². The molecule has 0 spiro atoms. The van der Waals surface area contributed by atoms with Gasteiger partial charge in [-0.05, 0) is 39.2 Å². The van der Waals surface area contributed by atoms with E-state index in [0.717, 1.165) is 19.4 Å². The standard InChI is InChI=1S/C8H17NO/c1-6-3-8(5-9)4-7(2)10-6/h6-8H,3-5,9H2,1-2H3/t6-,7-/m1/s1. The summed E-state index contributed by atoms with van der Waals surface area (Å²) in [5.41, 5.74) is 5.57. The van der Waals surface area contributed by atoms with Gasteiger partial charge in [-0.15, -0.1) is 0 Å². The van der Waals surface area contributed by atoms with Crippen LogP contribution in [0.15, 0.2) is 0 Å². The summed E-state index contributed by atoms with van der Waals surface area (Å²) >= 11 is 0. The minimum Gasteiger partial charge on any atom is -0.376 e. The molecule has 2 N–H and O–H groups in total. The molecule has 0 aromatic heterocycles. The Morgan fingerprint density at radius 2 is 1.80 bits per heavy atom. The molecule has 0 aromatic rings. The molecule has 60 valence electrons. The zero-order valence-electron chi connectivity index (χ0n) is 6.84. The lowest BCUT2D eigenvalue weighted by molar-refractivity contribution is -0.0502. The molecule has 10 heavy (non-hydrogen) atoms. The van der Waals surface area contributed by atoms with Gasteiger partial charge in [-0.2, -0.15) is 0 Å². The van der Waals surface area contributed by atoms with Gasteiger partial charge in [-0.1, -0.05) is 0 Å². The van der Waals surface area contributed by atoms with Gasteiger partial charge in [-0.3, -0.25) is 0 Å². The average Bonchev–Trinajstić information content (AvgIpc) is 1.85. The summed E-state index contributed by atoms with van der Waals surface area (Å²) in [6.45, 7) is 5.06. The first-order valence-electron chi connectivity index (χ1n) is 4.08. The molecule has 0 aliphatic carbocycles. The Labute approximate surface area is 62.7 Å². The predicted molar refractivity (Wildman–Crippen MR) is 41.8 cm³/mol. The lowest BCUT2D eigenvalue weighted by Crippen LogP contribution is -2.32. The maximum absolute atomic E-state index is 5.57. The molecule has 0 radical (unpaired) electrons. The number of hydrogen-bond acceptors (Lipinski definition) is 2. The molecule has 1 rings (SSSR count). The van der Waals surface area contributed by atoms with Crippen molar-refractivity contribution in [1.29, 1.82) is 0 Å². The minimum absolute atomic E-state index is 0.414. The first-order valence-corrected chi connectivity index (χ1v) is 4.08. The number of nitrogens with two attached hydrogens (primary N) is 1. The Hall–Kier alpha value is -0.0800. The summed E-state index contributed by atoms with van der Waals surface area (Å²) in [6.07, 6.45) is 3.11. The highest BCUT2D eigenvalue weighted by Crippen LogP contribution is 2.23. The number of ether oxygens (including phenoxy) is 1. The first-order chi connectivity index (χ1) is 4.72. The topological polar surface area (TPSA) is 35.2 Å². The van der Waals surface area contributed by atoms with Crippen LogP contribution < -0.4 is 5.73 Å². The van der Waals surface area contributed by atoms with E-state index < -0.39 is 0 Å². The summed E-state index contributed by atoms with van der Waals surface area (Å²) in [4.78, 5) is 0. The zero-order chi connectivity index (χ0) is 7.56. The summed E-state index contributed by atoms with van der Waals surface area (Å²) in [5.74, 6) is 0.693. The fourth-order valence-electron chi connectivity index (χ4n) is 1.74. The molecule has 2 atom stereocenters. The molecule has 1 saturated heterocycles. The Morgan fingerprint density at radius 3 is 2.20 bits per heavy atom. The van der Waals surface area contributed by atoms with Crippen molar-refractivity contribution >= 4 is 0 Å². The van der Waals surface area contributed by atoms with Crippen LogP contribution in [0.1, 0.15) is 26.7 Å². The van der Waals surface area contributed by atoms with E-state index >= 15 is 0 Å². The van der Waals surface area contributed by atoms with Gasteiger partial charge in [0.05, 0.1) is 12.2 Å². The largest absolute Gasteiger partial charge is 0.376 e. The molecule has 0 aromatic carbocycles. The predicted octanol–water partition coefficient (Wildman–Crippen LogP) is 1.15. The van der Waals surface area contributed by atoms with Crippen LogP contribution >= 0.6 is 0 Å². The van der Waals surface area contributed by atoms with Crippen LogP contribution in [0.25, 0.3) is 0 Å². The van der Waals surface area contributed by atoms with E-state index in [1.165, 1.54) is 0 Å². The van der Waals surface area contributed by atoms with Gasteiger partial charge in [-0.25, -0.2) is 0 Å². The third-order valence-electron chi connectivity index (χ3n) is 2.13. The smallest absolute Gasteiger partial charge is 0.0553 e. The summed E-state index contributed by atoms with van der Waals surface area (Å²) < 4.78 is 5.56. The van der Waals surface area contributed by atoms with Crippen molar-refractivity contribution in [2.45, 2.75) is 38.9 Å². The van der Waals surface area contributed by atoms with E-state index in [1.807, 2.05) is 0 Å². The normalized spacial score (nSPS) is 41.7. The van der Waals surface area contributed by atoms with Crippen LogP contribution in [0.4, 0.5) is 0 Å². The van der Waals surface area contributed by atoms with Gasteiger partial charge in [0, 0.05) is 0 Å². The molecular weight excluding hydrogens is 126 g/mol. The fraction of sp³-hybridized carbons (Fsp3) is 1.00. The summed E-state index contributed by atoms with van der Waals surface area (Å²) in [7, 11) is 0. The van der Waals surface area contributed by atoms with Gasteiger partial charge >= 0.3 is 0 Å². The Morgan fingerprint density at radius 1 is 1.30 bits per heavy atom. The molecule has 1 aliphatic heterocycles. The monoisotopic (exact) mass is 143 g/mol. The molecule has 0 amide bonds. The van der Waals surface area contributed by atoms with Crippen LogP contribution in [0, 0.1) is 5.92 Å². The van der Waals surface area contributed by atoms with Crippen LogP contribution in [0.2, 0.25) is 0 Å². The average molecular weight is 143 g/mol. The lowest BCUT2D eigenvalue weighted by Gasteiger charge is -2.31. The molecule has 0 bridgehead atoms. The van der Waals surface area contributed by atoms with Gasteiger partial charge in [0.25, 0.3) is 0 Å². The van der Waals surface area contributed by atoms with Crippen molar-refractivity contribution in [3.63, 3.8) is 0 Å². The van der Waals surface area contributed by atoms with Gasteiger partial charge in [0.15, 0.2) is 0 Å². The second-order valence-electron chi connectivity index (χ2n) is 3.33. The van der Waals surface area contributed by atoms with Crippen LogP contribution in [0.3, 0.4) is 0 Å². The van der Waals surface area contributed by atoms with Gasteiger partial charge in [0.2, 0.25) is 0 Å². The third kappa shape index (κ3) is 1.96. The summed E-state index contributed by atoms with van der Waals surface area (Å²) in [5, 5.41) is 0. The maximum Gasteiger partial charge on any atom is 0.0553 e. The second kappa shape index (κ2) is 3.35. The molecule has 0 unspecified atom stereocenters. The van der Waals surface area contributed by atoms with Crippen LogP contribution in [0.5, 0.6) is 0 Å². The van der Waals surface area contributed by atoms with E-state index in [0.29, 0.717) is 18.1 Å². The highest BCUT2D eigenvalue weighted by atomic mass is 16.5. The Bertz CT molecular complexity index is 95.4. The minimum atomic E-state index is 0.414. The van der Waals surface area contributed by atoms with Crippen molar-refractivity contribution < 1.29 is 4.74 Å². The quantitative estimate of drug-likeness (QED) is 0.597.